The zero-order valence-electron chi connectivity index (χ0n) is 16.9. The van der Waals surface area contributed by atoms with Crippen LogP contribution in [0, 0.1) is 11.8 Å². The first-order valence-corrected chi connectivity index (χ1v) is 11.0. The van der Waals surface area contributed by atoms with Crippen LogP contribution in [0.15, 0.2) is 23.1 Å². The van der Waals surface area contributed by atoms with E-state index in [1.807, 2.05) is 27.7 Å². The standard InChI is InChI=1S/C20H30O7S.K.H/c1-5-7-14(3)12-26-19(21)16-9-10-17(18(11-16)28(23,24)25)20(22)27-13-15(4)8-6-2;;/h9-11,14-15H,5-8,12-13H2,1-4H3,(H,23,24,25);;. The second-order valence-electron chi connectivity index (χ2n) is 7.17. The molecule has 0 radical (unpaired) electrons. The van der Waals surface area contributed by atoms with E-state index in [0.29, 0.717) is 0 Å². The van der Waals surface area contributed by atoms with Crippen LogP contribution in [0.2, 0.25) is 0 Å². The molecule has 0 fully saturated rings. The van der Waals surface area contributed by atoms with E-state index in [1.54, 1.807) is 0 Å². The fraction of sp³-hybridized carbons (Fsp3) is 0.600. The van der Waals surface area contributed by atoms with Gasteiger partial charge in [-0.05, 0) is 42.9 Å². The Morgan fingerprint density at radius 1 is 0.966 bits per heavy atom. The molecular weight excluding hydrogens is 423 g/mol. The Morgan fingerprint density at radius 2 is 1.45 bits per heavy atom. The molecule has 2 atom stereocenters. The van der Waals surface area contributed by atoms with Gasteiger partial charge in [0.1, 0.15) is 4.90 Å². The third-order valence-electron chi connectivity index (χ3n) is 4.28. The van der Waals surface area contributed by atoms with Gasteiger partial charge in [-0.25, -0.2) is 9.59 Å². The number of esters is 2. The maximum atomic E-state index is 12.3. The van der Waals surface area contributed by atoms with Gasteiger partial charge in [-0.15, -0.1) is 0 Å². The molecule has 1 aromatic rings. The predicted molar refractivity (Wildman–Crippen MR) is 112 cm³/mol. The second kappa shape index (κ2) is 13.9. The Labute approximate surface area is 216 Å². The number of carbonyl (C=O) groups excluding carboxylic acids is 2. The quantitative estimate of drug-likeness (QED) is 0.310. The van der Waals surface area contributed by atoms with Crippen LogP contribution in [-0.4, -0.2) is 89.5 Å². The number of hydrogen-bond acceptors (Lipinski definition) is 6. The van der Waals surface area contributed by atoms with Crippen molar-refractivity contribution >= 4 is 73.4 Å². The summed E-state index contributed by atoms with van der Waals surface area (Å²) in [6, 6.07) is 3.38. The zero-order valence-corrected chi connectivity index (χ0v) is 17.8. The molecule has 7 nitrogen and oxygen atoms in total. The summed E-state index contributed by atoms with van der Waals surface area (Å²) in [4.78, 5) is 23.8. The molecule has 160 valence electrons. The first-order valence-electron chi connectivity index (χ1n) is 9.55. The van der Waals surface area contributed by atoms with Crippen LogP contribution < -0.4 is 0 Å². The molecule has 1 N–H and O–H groups in total. The van der Waals surface area contributed by atoms with Gasteiger partial charge in [0.25, 0.3) is 10.1 Å². The molecule has 0 aliphatic carbocycles. The van der Waals surface area contributed by atoms with Crippen molar-refractivity contribution in [1.29, 1.82) is 0 Å². The molecule has 0 aliphatic heterocycles. The fourth-order valence-electron chi connectivity index (χ4n) is 2.78. The van der Waals surface area contributed by atoms with Gasteiger partial charge in [0.2, 0.25) is 0 Å². The van der Waals surface area contributed by atoms with Crippen LogP contribution in [0.1, 0.15) is 74.1 Å². The number of ether oxygens (including phenoxy) is 2. The van der Waals surface area contributed by atoms with Gasteiger partial charge < -0.3 is 9.47 Å². The van der Waals surface area contributed by atoms with E-state index in [1.165, 1.54) is 6.07 Å². The Morgan fingerprint density at radius 3 is 1.90 bits per heavy atom. The number of rotatable bonds is 11. The van der Waals surface area contributed by atoms with Crippen LogP contribution in [0.5, 0.6) is 0 Å². The first-order chi connectivity index (χ1) is 13.1. The first kappa shape index (κ1) is 28.7. The summed E-state index contributed by atoms with van der Waals surface area (Å²) in [5.74, 6) is -1.28. The molecule has 29 heavy (non-hydrogen) atoms. The summed E-state index contributed by atoms with van der Waals surface area (Å²) < 4.78 is 43.3. The van der Waals surface area contributed by atoms with Crippen molar-refractivity contribution < 1.29 is 32.0 Å². The van der Waals surface area contributed by atoms with Gasteiger partial charge in [-0.3, -0.25) is 4.55 Å². The summed E-state index contributed by atoms with van der Waals surface area (Å²) in [5.41, 5.74) is -0.380. The van der Waals surface area contributed by atoms with Crippen molar-refractivity contribution in [3.05, 3.63) is 29.3 Å². The van der Waals surface area contributed by atoms with Gasteiger partial charge in [0, 0.05) is 0 Å². The zero-order chi connectivity index (χ0) is 21.3. The molecule has 0 aliphatic rings. The van der Waals surface area contributed by atoms with Gasteiger partial charge in [-0.1, -0.05) is 40.5 Å². The summed E-state index contributed by atoms with van der Waals surface area (Å²) >= 11 is 0. The Hall–Kier alpha value is -0.294. The van der Waals surface area contributed by atoms with Crippen molar-refractivity contribution in [2.45, 2.75) is 58.3 Å². The van der Waals surface area contributed by atoms with E-state index >= 15 is 0 Å². The molecule has 0 bridgehead atoms. The van der Waals surface area contributed by atoms with Crippen LogP contribution in [0.3, 0.4) is 0 Å². The molecule has 0 saturated heterocycles. The van der Waals surface area contributed by atoms with Crippen LogP contribution in [-0.2, 0) is 19.6 Å². The van der Waals surface area contributed by atoms with Crippen molar-refractivity contribution in [1.82, 2.24) is 0 Å². The summed E-state index contributed by atoms with van der Waals surface area (Å²) in [6.45, 7) is 8.23. The predicted octanol–water partition coefficient (Wildman–Crippen LogP) is 3.47. The molecular formula is C20H31KO7S. The summed E-state index contributed by atoms with van der Waals surface area (Å²) in [6.07, 6.45) is 3.65. The Kier molecular flexibility index (Phi) is 13.8. The molecule has 0 saturated carbocycles. The average Bonchev–Trinajstić information content (AvgIpc) is 2.63. The van der Waals surface area contributed by atoms with E-state index in [9.17, 15) is 22.6 Å². The van der Waals surface area contributed by atoms with E-state index in [4.69, 9.17) is 9.47 Å². The molecule has 0 amide bonds. The van der Waals surface area contributed by atoms with E-state index in [-0.39, 0.29) is 87.6 Å². The number of benzene rings is 1. The molecule has 0 aromatic heterocycles. The molecule has 1 aromatic carbocycles. The topological polar surface area (TPSA) is 107 Å². The van der Waals surface area contributed by atoms with Gasteiger partial charge in [-0.2, -0.15) is 8.42 Å². The average molecular weight is 455 g/mol. The second-order valence-corrected chi connectivity index (χ2v) is 8.56. The van der Waals surface area contributed by atoms with E-state index in [0.717, 1.165) is 37.8 Å². The molecule has 0 spiro atoms. The normalized spacial score (nSPS) is 13.1. The van der Waals surface area contributed by atoms with Gasteiger partial charge in [0.05, 0.1) is 24.3 Å². The van der Waals surface area contributed by atoms with Crippen LogP contribution in [0.25, 0.3) is 0 Å². The molecule has 9 heteroatoms. The van der Waals surface area contributed by atoms with Gasteiger partial charge in [0.15, 0.2) is 0 Å². The minimum atomic E-state index is -4.73. The maximum absolute atomic E-state index is 12.3. The van der Waals surface area contributed by atoms with E-state index in [2.05, 4.69) is 0 Å². The van der Waals surface area contributed by atoms with Crippen LogP contribution in [0.4, 0.5) is 0 Å². The number of carbonyl (C=O) groups is 2. The summed E-state index contributed by atoms with van der Waals surface area (Å²) in [7, 11) is -4.73. The SMILES string of the molecule is CCCC(C)COC(=O)c1ccc(C(=O)OCC(C)CCC)c(S(=O)(=O)O)c1.[KH]. The Balaban J connectivity index is 0.00000784. The molecule has 1 rings (SSSR count). The van der Waals surface area contributed by atoms with E-state index < -0.39 is 27.0 Å². The van der Waals surface area contributed by atoms with Crippen molar-refractivity contribution in [2.75, 3.05) is 13.2 Å². The van der Waals surface area contributed by atoms with Crippen molar-refractivity contribution in [3.63, 3.8) is 0 Å². The number of hydrogen-bond donors (Lipinski definition) is 1. The minimum absolute atomic E-state index is 0. The monoisotopic (exact) mass is 454 g/mol. The van der Waals surface area contributed by atoms with Crippen molar-refractivity contribution in [2.24, 2.45) is 11.8 Å². The van der Waals surface area contributed by atoms with Crippen LogP contribution >= 0.6 is 0 Å². The third kappa shape index (κ3) is 10.0. The van der Waals surface area contributed by atoms with Crippen molar-refractivity contribution in [3.8, 4) is 0 Å². The Bertz CT molecular complexity index is 777. The fourth-order valence-corrected chi connectivity index (χ4v) is 3.49. The summed E-state index contributed by atoms with van der Waals surface area (Å²) in [5, 5.41) is 0. The molecule has 0 heterocycles. The molecule has 2 unspecified atom stereocenters. The van der Waals surface area contributed by atoms with Gasteiger partial charge >= 0.3 is 63.3 Å². The third-order valence-corrected chi connectivity index (χ3v) is 5.17.